The van der Waals surface area contributed by atoms with E-state index >= 15 is 0 Å². The summed E-state index contributed by atoms with van der Waals surface area (Å²) in [6, 6.07) is 10.3. The molecule has 4 aromatic rings. The fraction of sp³-hybridized carbons (Fsp3) is 0.261. The number of rotatable bonds is 5. The molecule has 0 aliphatic carbocycles. The van der Waals surface area contributed by atoms with Crippen LogP contribution in [-0.2, 0) is 33.4 Å². The Morgan fingerprint density at radius 2 is 1.77 bits per heavy atom. The lowest BCUT2D eigenvalue weighted by Crippen LogP contribution is -2.37. The van der Waals surface area contributed by atoms with Crippen molar-refractivity contribution in [2.75, 3.05) is 12.1 Å². The van der Waals surface area contributed by atoms with Crippen LogP contribution in [0.4, 0.5) is 19.1 Å². The zero-order valence-corrected chi connectivity index (χ0v) is 18.7. The SMILES string of the molecule is Cn1c(=O)c2c(nc(NCc3ccc4c(c3)OCO4)n2Cc2cccc(C(F)(F)F)c2)n(C)c1=O. The molecule has 0 saturated carbocycles. The van der Waals surface area contributed by atoms with Crippen molar-refractivity contribution in [1.82, 2.24) is 18.7 Å². The van der Waals surface area contributed by atoms with E-state index in [1.54, 1.807) is 12.1 Å². The predicted molar refractivity (Wildman–Crippen MR) is 121 cm³/mol. The third kappa shape index (κ3) is 4.00. The summed E-state index contributed by atoms with van der Waals surface area (Å²) in [5, 5.41) is 3.14. The van der Waals surface area contributed by atoms with Gasteiger partial charge in [0.15, 0.2) is 22.7 Å². The van der Waals surface area contributed by atoms with Crippen LogP contribution in [0.3, 0.4) is 0 Å². The molecule has 0 saturated heterocycles. The van der Waals surface area contributed by atoms with Gasteiger partial charge in [-0.3, -0.25) is 18.5 Å². The van der Waals surface area contributed by atoms with E-state index in [2.05, 4.69) is 10.3 Å². The minimum absolute atomic E-state index is 0.0721. The summed E-state index contributed by atoms with van der Waals surface area (Å²) >= 11 is 0. The molecule has 12 heteroatoms. The van der Waals surface area contributed by atoms with E-state index in [4.69, 9.17) is 9.47 Å². The molecule has 5 rings (SSSR count). The largest absolute Gasteiger partial charge is 0.454 e. The molecule has 1 N–H and O–H groups in total. The molecule has 0 unspecified atom stereocenters. The third-order valence-electron chi connectivity index (χ3n) is 5.83. The van der Waals surface area contributed by atoms with E-state index in [-0.39, 0.29) is 37.0 Å². The normalized spacial score (nSPS) is 12.9. The van der Waals surface area contributed by atoms with Crippen LogP contribution in [0.1, 0.15) is 16.7 Å². The highest BCUT2D eigenvalue weighted by Crippen LogP contribution is 2.33. The second-order valence-corrected chi connectivity index (χ2v) is 8.14. The molecule has 1 aliphatic heterocycles. The molecule has 9 nitrogen and oxygen atoms in total. The van der Waals surface area contributed by atoms with Crippen LogP contribution in [0.2, 0.25) is 0 Å². The number of halogens is 3. The summed E-state index contributed by atoms with van der Waals surface area (Å²) in [5.41, 5.74) is -0.588. The molecule has 0 bridgehead atoms. The van der Waals surface area contributed by atoms with E-state index < -0.39 is 23.0 Å². The average molecular weight is 487 g/mol. The van der Waals surface area contributed by atoms with Crippen LogP contribution in [0.15, 0.2) is 52.1 Å². The molecule has 1 aliphatic rings. The number of nitrogens with one attached hydrogen (secondary N) is 1. The number of benzene rings is 2. The second-order valence-electron chi connectivity index (χ2n) is 8.14. The lowest BCUT2D eigenvalue weighted by atomic mass is 10.1. The van der Waals surface area contributed by atoms with Gasteiger partial charge in [-0.05, 0) is 35.4 Å². The van der Waals surface area contributed by atoms with Gasteiger partial charge in [-0.2, -0.15) is 18.2 Å². The summed E-state index contributed by atoms with van der Waals surface area (Å²) < 4.78 is 54.1. The molecule has 0 atom stereocenters. The number of anilines is 1. The third-order valence-corrected chi connectivity index (χ3v) is 5.83. The minimum Gasteiger partial charge on any atom is -0.454 e. The topological polar surface area (TPSA) is 92.3 Å². The van der Waals surface area contributed by atoms with Crippen molar-refractivity contribution >= 4 is 17.1 Å². The van der Waals surface area contributed by atoms with Crippen molar-refractivity contribution in [3.05, 3.63) is 80.0 Å². The quantitative estimate of drug-likeness (QED) is 0.466. The Labute approximate surface area is 196 Å². The van der Waals surface area contributed by atoms with Crippen LogP contribution in [-0.4, -0.2) is 25.5 Å². The zero-order chi connectivity index (χ0) is 24.9. The van der Waals surface area contributed by atoms with Gasteiger partial charge in [-0.15, -0.1) is 0 Å². The number of alkyl halides is 3. The van der Waals surface area contributed by atoms with Crippen molar-refractivity contribution in [1.29, 1.82) is 0 Å². The number of ether oxygens (including phenoxy) is 2. The number of imidazole rings is 1. The van der Waals surface area contributed by atoms with Gasteiger partial charge in [0.25, 0.3) is 5.56 Å². The maximum Gasteiger partial charge on any atom is 0.416 e. The number of hydrogen-bond acceptors (Lipinski definition) is 6. The van der Waals surface area contributed by atoms with Crippen LogP contribution in [0.25, 0.3) is 11.2 Å². The molecule has 0 amide bonds. The monoisotopic (exact) mass is 487 g/mol. The number of nitrogens with zero attached hydrogens (tertiary/aromatic N) is 4. The van der Waals surface area contributed by atoms with Gasteiger partial charge in [-0.1, -0.05) is 18.2 Å². The smallest absolute Gasteiger partial charge is 0.416 e. The van der Waals surface area contributed by atoms with Crippen molar-refractivity contribution in [2.45, 2.75) is 19.3 Å². The first-order chi connectivity index (χ1) is 16.6. The molecule has 0 radical (unpaired) electrons. The fourth-order valence-corrected chi connectivity index (χ4v) is 4.00. The van der Waals surface area contributed by atoms with Crippen molar-refractivity contribution < 1.29 is 22.6 Å². The standard InChI is InChI=1S/C23H20F3N5O4/c1-29-19-18(20(32)30(2)22(29)33)31(11-14-4-3-5-15(8-14)23(24,25)26)21(28-19)27-10-13-6-7-16-17(9-13)35-12-34-16/h3-9H,10-12H2,1-2H3,(H,27,28). The van der Waals surface area contributed by atoms with Crippen molar-refractivity contribution in [2.24, 2.45) is 14.1 Å². The summed E-state index contributed by atoms with van der Waals surface area (Å²) in [5.74, 6) is 1.45. The van der Waals surface area contributed by atoms with Gasteiger partial charge in [0.2, 0.25) is 12.7 Å². The van der Waals surface area contributed by atoms with Crippen molar-refractivity contribution in [3.63, 3.8) is 0 Å². The zero-order valence-electron chi connectivity index (χ0n) is 18.7. The summed E-state index contributed by atoms with van der Waals surface area (Å²) in [4.78, 5) is 29.9. The Morgan fingerprint density at radius 3 is 2.54 bits per heavy atom. The Hall–Kier alpha value is -4.22. The summed E-state index contributed by atoms with van der Waals surface area (Å²) in [6.45, 7) is 0.338. The van der Waals surface area contributed by atoms with Crippen LogP contribution in [0.5, 0.6) is 11.5 Å². The van der Waals surface area contributed by atoms with Gasteiger partial charge in [-0.25, -0.2) is 4.79 Å². The van der Waals surface area contributed by atoms with Crippen LogP contribution in [0, 0.1) is 0 Å². The lowest BCUT2D eigenvalue weighted by molar-refractivity contribution is -0.137. The highest BCUT2D eigenvalue weighted by atomic mass is 19.4. The minimum atomic E-state index is -4.51. The van der Waals surface area contributed by atoms with E-state index in [0.29, 0.717) is 17.1 Å². The molecular weight excluding hydrogens is 467 g/mol. The van der Waals surface area contributed by atoms with Gasteiger partial charge < -0.3 is 14.8 Å². The Morgan fingerprint density at radius 1 is 1.00 bits per heavy atom. The highest BCUT2D eigenvalue weighted by Gasteiger charge is 2.30. The number of hydrogen-bond donors (Lipinski definition) is 1. The van der Waals surface area contributed by atoms with E-state index in [0.717, 1.165) is 22.3 Å². The fourth-order valence-electron chi connectivity index (χ4n) is 4.00. The number of aryl methyl sites for hydroxylation is 1. The molecular formula is C23H20F3N5O4. The first-order valence-corrected chi connectivity index (χ1v) is 10.6. The Balaban J connectivity index is 1.58. The molecule has 0 spiro atoms. The first-order valence-electron chi connectivity index (χ1n) is 10.6. The van der Waals surface area contributed by atoms with Crippen LogP contribution >= 0.6 is 0 Å². The van der Waals surface area contributed by atoms with E-state index in [9.17, 15) is 22.8 Å². The molecule has 2 aromatic heterocycles. The van der Waals surface area contributed by atoms with Gasteiger partial charge in [0.05, 0.1) is 12.1 Å². The average Bonchev–Trinajstić information content (AvgIpc) is 3.44. The Kier molecular flexibility index (Phi) is 5.30. The molecule has 2 aromatic carbocycles. The predicted octanol–water partition coefficient (Wildman–Crippen LogP) is 2.84. The first kappa shape index (κ1) is 22.6. The number of aromatic nitrogens is 4. The van der Waals surface area contributed by atoms with Crippen LogP contribution < -0.4 is 26.0 Å². The molecule has 35 heavy (non-hydrogen) atoms. The van der Waals surface area contributed by atoms with Gasteiger partial charge in [0.1, 0.15) is 0 Å². The maximum atomic E-state index is 13.3. The van der Waals surface area contributed by atoms with E-state index in [1.807, 2.05) is 6.07 Å². The Bertz CT molecular complexity index is 1570. The van der Waals surface area contributed by atoms with Gasteiger partial charge >= 0.3 is 11.9 Å². The summed E-state index contributed by atoms with van der Waals surface area (Å²) in [7, 11) is 2.82. The maximum absolute atomic E-state index is 13.3. The molecule has 0 fully saturated rings. The molecule has 3 heterocycles. The van der Waals surface area contributed by atoms with Gasteiger partial charge in [0, 0.05) is 20.6 Å². The lowest BCUT2D eigenvalue weighted by Gasteiger charge is -2.13. The second kappa shape index (κ2) is 8.22. The molecule has 182 valence electrons. The van der Waals surface area contributed by atoms with E-state index in [1.165, 1.54) is 35.4 Å². The highest BCUT2D eigenvalue weighted by molar-refractivity contribution is 5.74. The van der Waals surface area contributed by atoms with Crippen molar-refractivity contribution in [3.8, 4) is 11.5 Å². The number of fused-ring (bicyclic) bond motifs is 2. The summed E-state index contributed by atoms with van der Waals surface area (Å²) in [6.07, 6.45) is -4.51.